The molecule has 3 heterocycles. The molecule has 0 N–H and O–H groups in total. The molecule has 1 aliphatic carbocycles. The summed E-state index contributed by atoms with van der Waals surface area (Å²) in [5.41, 5.74) is 11.1. The summed E-state index contributed by atoms with van der Waals surface area (Å²) < 4.78 is 6.29. The number of nitrogens with zero attached hydrogens (tertiary/aromatic N) is 4. The van der Waals surface area contributed by atoms with E-state index in [2.05, 4.69) is 105 Å². The molecule has 0 fully saturated rings. The van der Waals surface area contributed by atoms with Crippen LogP contribution in [0.5, 0.6) is 0 Å². The van der Waals surface area contributed by atoms with Crippen molar-refractivity contribution in [3.05, 3.63) is 157 Å². The van der Waals surface area contributed by atoms with Gasteiger partial charge in [0.15, 0.2) is 17.5 Å². The van der Waals surface area contributed by atoms with E-state index in [9.17, 15) is 0 Å². The summed E-state index contributed by atoms with van der Waals surface area (Å²) in [6, 6.07) is 50.3. The van der Waals surface area contributed by atoms with Crippen molar-refractivity contribution in [2.45, 2.75) is 19.3 Å². The third-order valence-corrected chi connectivity index (χ3v) is 10.1. The largest absolute Gasteiger partial charge is 0.438 e. The number of hydrogen-bond acceptors (Lipinski definition) is 5. The maximum Gasteiger partial charge on any atom is 0.228 e. The van der Waals surface area contributed by atoms with Crippen molar-refractivity contribution < 1.29 is 4.42 Å². The Hall–Kier alpha value is -6.46. The molecule has 6 aromatic carbocycles. The first-order valence-electron chi connectivity index (χ1n) is 16.9. The molecule has 0 atom stereocenters. The molecule has 0 radical (unpaired) electrons. The van der Waals surface area contributed by atoms with Crippen LogP contribution < -0.4 is 0 Å². The molecule has 0 amide bonds. The predicted octanol–water partition coefficient (Wildman–Crippen LogP) is 11.3. The molecule has 3 aromatic heterocycles. The Kier molecular flexibility index (Phi) is 6.15. The van der Waals surface area contributed by atoms with Crippen molar-refractivity contribution in [3.63, 3.8) is 0 Å². The van der Waals surface area contributed by atoms with Crippen molar-refractivity contribution in [2.24, 2.45) is 0 Å². The van der Waals surface area contributed by atoms with E-state index in [0.717, 1.165) is 55.1 Å². The number of fused-ring (bicyclic) bond motifs is 8. The molecule has 236 valence electrons. The van der Waals surface area contributed by atoms with Crippen LogP contribution in [-0.2, 0) is 5.41 Å². The molecule has 0 bridgehead atoms. The highest BCUT2D eigenvalue weighted by Gasteiger charge is 2.35. The number of para-hydroxylation sites is 1. The third-order valence-electron chi connectivity index (χ3n) is 10.1. The minimum absolute atomic E-state index is 0.134. The van der Waals surface area contributed by atoms with Crippen LogP contribution >= 0.6 is 0 Å². The SMILES string of the molecule is CC1(C)c2ccccc2-c2ccc(-c3nc(-c4ccccc4)nc(-c4cccc(-c5nc6oc7ccccc7c6c6ccccc56)c4)n3)cc21. The fourth-order valence-electron chi connectivity index (χ4n) is 7.66. The molecule has 5 heteroatoms. The lowest BCUT2D eigenvalue weighted by Crippen LogP contribution is -2.15. The van der Waals surface area contributed by atoms with Crippen LogP contribution in [0.4, 0.5) is 0 Å². The maximum atomic E-state index is 6.29. The van der Waals surface area contributed by atoms with Crippen LogP contribution in [-0.4, -0.2) is 19.9 Å². The normalized spacial score (nSPS) is 13.2. The summed E-state index contributed by atoms with van der Waals surface area (Å²) in [5, 5.41) is 4.27. The summed E-state index contributed by atoms with van der Waals surface area (Å²) in [7, 11) is 0. The average molecular weight is 643 g/mol. The second-order valence-corrected chi connectivity index (χ2v) is 13.5. The first kappa shape index (κ1) is 28.5. The predicted molar refractivity (Wildman–Crippen MR) is 202 cm³/mol. The van der Waals surface area contributed by atoms with Gasteiger partial charge in [-0.05, 0) is 45.8 Å². The average Bonchev–Trinajstić information content (AvgIpc) is 3.66. The van der Waals surface area contributed by atoms with Gasteiger partial charge >= 0.3 is 0 Å². The topological polar surface area (TPSA) is 64.7 Å². The monoisotopic (exact) mass is 642 g/mol. The van der Waals surface area contributed by atoms with Crippen molar-refractivity contribution >= 4 is 32.8 Å². The van der Waals surface area contributed by atoms with Gasteiger partial charge in [-0.25, -0.2) is 19.9 Å². The summed E-state index contributed by atoms with van der Waals surface area (Å²) in [6.07, 6.45) is 0. The summed E-state index contributed by atoms with van der Waals surface area (Å²) in [4.78, 5) is 20.4. The van der Waals surface area contributed by atoms with Gasteiger partial charge in [-0.15, -0.1) is 0 Å². The Balaban J connectivity index is 1.14. The number of pyridine rings is 1. The molecular weight excluding hydrogens is 613 g/mol. The van der Waals surface area contributed by atoms with E-state index in [4.69, 9.17) is 24.4 Å². The number of aromatic nitrogens is 4. The lowest BCUT2D eigenvalue weighted by atomic mass is 9.82. The van der Waals surface area contributed by atoms with Gasteiger partial charge in [0.1, 0.15) is 5.58 Å². The van der Waals surface area contributed by atoms with Crippen LogP contribution in [0.15, 0.2) is 150 Å². The highest BCUT2D eigenvalue weighted by molar-refractivity contribution is 6.20. The Bertz CT molecular complexity index is 2800. The van der Waals surface area contributed by atoms with Crippen LogP contribution in [0, 0.1) is 0 Å². The Labute approximate surface area is 289 Å². The van der Waals surface area contributed by atoms with E-state index >= 15 is 0 Å². The van der Waals surface area contributed by atoms with E-state index < -0.39 is 0 Å². The van der Waals surface area contributed by atoms with E-state index in [1.165, 1.54) is 22.3 Å². The van der Waals surface area contributed by atoms with Crippen LogP contribution in [0.2, 0.25) is 0 Å². The Morgan fingerprint density at radius 3 is 1.86 bits per heavy atom. The lowest BCUT2D eigenvalue weighted by Gasteiger charge is -2.21. The molecule has 0 aliphatic heterocycles. The van der Waals surface area contributed by atoms with E-state index in [-0.39, 0.29) is 5.41 Å². The fraction of sp³-hybridized carbons (Fsp3) is 0.0667. The number of hydrogen-bond donors (Lipinski definition) is 0. The Morgan fingerprint density at radius 1 is 0.440 bits per heavy atom. The van der Waals surface area contributed by atoms with Gasteiger partial charge in [-0.3, -0.25) is 0 Å². The molecule has 5 nitrogen and oxygen atoms in total. The number of furan rings is 1. The smallest absolute Gasteiger partial charge is 0.228 e. The van der Waals surface area contributed by atoms with Crippen molar-refractivity contribution in [1.82, 2.24) is 19.9 Å². The number of rotatable bonds is 4. The van der Waals surface area contributed by atoms with Crippen molar-refractivity contribution in [2.75, 3.05) is 0 Å². The van der Waals surface area contributed by atoms with Gasteiger partial charge in [0.25, 0.3) is 0 Å². The van der Waals surface area contributed by atoms with Crippen LogP contribution in [0.3, 0.4) is 0 Å². The number of benzene rings is 6. The van der Waals surface area contributed by atoms with Crippen molar-refractivity contribution in [1.29, 1.82) is 0 Å². The van der Waals surface area contributed by atoms with Crippen LogP contribution in [0.1, 0.15) is 25.0 Å². The molecule has 0 unspecified atom stereocenters. The fourth-order valence-corrected chi connectivity index (χ4v) is 7.66. The molecule has 9 aromatic rings. The second-order valence-electron chi connectivity index (χ2n) is 13.5. The van der Waals surface area contributed by atoms with E-state index in [0.29, 0.717) is 23.2 Å². The highest BCUT2D eigenvalue weighted by atomic mass is 16.3. The molecule has 0 spiro atoms. The summed E-state index contributed by atoms with van der Waals surface area (Å²) >= 11 is 0. The molecule has 50 heavy (non-hydrogen) atoms. The zero-order valence-electron chi connectivity index (χ0n) is 27.6. The van der Waals surface area contributed by atoms with E-state index in [1.54, 1.807) is 0 Å². The third kappa shape index (κ3) is 4.33. The highest BCUT2D eigenvalue weighted by Crippen LogP contribution is 2.49. The van der Waals surface area contributed by atoms with Gasteiger partial charge < -0.3 is 4.42 Å². The van der Waals surface area contributed by atoms with Gasteiger partial charge in [-0.1, -0.05) is 141 Å². The zero-order valence-corrected chi connectivity index (χ0v) is 27.6. The van der Waals surface area contributed by atoms with Crippen LogP contribution in [0.25, 0.3) is 89.4 Å². The molecule has 1 aliphatic rings. The Morgan fingerprint density at radius 2 is 1.04 bits per heavy atom. The van der Waals surface area contributed by atoms with E-state index in [1.807, 2.05) is 54.6 Å². The standard InChI is InChI=1S/C45H30N4O/c1-45(2)36-21-10-8-17-31(36)32-24-23-30(26-37(32)45)43-48-41(27-13-4-3-5-14-27)47-42(49-43)29-16-12-15-28(25-29)40-34-19-7-6-18-33(34)39-35-20-9-11-22-38(35)50-44(39)46-40/h3-26H,1-2H3. The van der Waals surface area contributed by atoms with Crippen molar-refractivity contribution in [3.8, 4) is 56.5 Å². The minimum atomic E-state index is -0.134. The van der Waals surface area contributed by atoms with Gasteiger partial charge in [0.2, 0.25) is 5.71 Å². The van der Waals surface area contributed by atoms with Gasteiger partial charge in [0, 0.05) is 38.4 Å². The molecule has 10 rings (SSSR count). The molecule has 0 saturated carbocycles. The first-order chi connectivity index (χ1) is 24.5. The van der Waals surface area contributed by atoms with Gasteiger partial charge in [-0.2, -0.15) is 0 Å². The minimum Gasteiger partial charge on any atom is -0.438 e. The quantitative estimate of drug-likeness (QED) is 0.191. The zero-order chi connectivity index (χ0) is 33.4. The summed E-state index contributed by atoms with van der Waals surface area (Å²) in [6.45, 7) is 4.59. The lowest BCUT2D eigenvalue weighted by molar-refractivity contribution is 0.655. The van der Waals surface area contributed by atoms with Gasteiger partial charge in [0.05, 0.1) is 11.1 Å². The second kappa shape index (κ2) is 10.8. The maximum absolute atomic E-state index is 6.29. The first-order valence-corrected chi connectivity index (χ1v) is 16.9. The summed E-state index contributed by atoms with van der Waals surface area (Å²) in [5.74, 6) is 1.88. The molecule has 0 saturated heterocycles. The molecular formula is C45H30N4O.